The Labute approximate surface area is 82.9 Å². The van der Waals surface area contributed by atoms with E-state index in [1.165, 1.54) is 5.56 Å². The van der Waals surface area contributed by atoms with E-state index in [1.807, 2.05) is 19.1 Å². The smallest absolute Gasteiger partial charge is 0.176 e. The molecule has 0 fully saturated rings. The van der Waals surface area contributed by atoms with Gasteiger partial charge in [0.15, 0.2) is 5.78 Å². The predicted molar refractivity (Wildman–Crippen MR) is 57.8 cm³/mol. The fraction of sp³-hybridized carbons (Fsp3) is 0.250. The van der Waals surface area contributed by atoms with E-state index in [0.29, 0.717) is 0 Å². The van der Waals surface area contributed by atoms with Crippen molar-refractivity contribution < 1.29 is 4.79 Å². The zero-order valence-corrected chi connectivity index (χ0v) is 8.64. The quantitative estimate of drug-likeness (QED) is 0.684. The number of ketones is 1. The van der Waals surface area contributed by atoms with Crippen LogP contribution in [0.4, 0.5) is 0 Å². The first kappa shape index (κ1) is 9.00. The molecule has 0 spiro atoms. The van der Waals surface area contributed by atoms with E-state index in [1.54, 1.807) is 6.92 Å². The van der Waals surface area contributed by atoms with Gasteiger partial charge < -0.3 is 4.98 Å². The number of nitrogens with one attached hydrogen (secondary N) is 1. The molecule has 0 aliphatic heterocycles. The molecule has 0 atom stereocenters. The fourth-order valence-corrected chi connectivity index (χ4v) is 1.79. The summed E-state index contributed by atoms with van der Waals surface area (Å²) in [6.45, 7) is 5.62. The summed E-state index contributed by atoms with van der Waals surface area (Å²) >= 11 is 0. The molecule has 0 amide bonds. The monoisotopic (exact) mass is 187 g/mol. The molecule has 0 saturated carbocycles. The van der Waals surface area contributed by atoms with Crippen molar-refractivity contribution in [1.82, 2.24) is 4.98 Å². The number of hydrogen-bond donors (Lipinski definition) is 1. The second kappa shape index (κ2) is 2.98. The molecule has 0 bridgehead atoms. The van der Waals surface area contributed by atoms with Crippen LogP contribution in [0.2, 0.25) is 0 Å². The largest absolute Gasteiger partial charge is 0.352 e. The number of carbonyl (C=O) groups excluding carboxylic acids is 1. The minimum Gasteiger partial charge on any atom is -0.352 e. The van der Waals surface area contributed by atoms with Crippen LogP contribution in [-0.4, -0.2) is 10.8 Å². The van der Waals surface area contributed by atoms with Gasteiger partial charge in [-0.25, -0.2) is 0 Å². The number of H-pyrrole nitrogens is 1. The Morgan fingerprint density at radius 2 is 2.00 bits per heavy atom. The summed E-state index contributed by atoms with van der Waals surface area (Å²) < 4.78 is 0. The van der Waals surface area contributed by atoms with E-state index >= 15 is 0 Å². The summed E-state index contributed by atoms with van der Waals surface area (Å²) in [5.74, 6) is 0.0938. The average molecular weight is 187 g/mol. The number of aryl methyl sites for hydroxylation is 2. The standard InChI is InChI=1S/C12H13NO/c1-7-4-5-11-10(6-7)8(2)12(13-11)9(3)14/h4-6,13H,1-3H3. The van der Waals surface area contributed by atoms with Gasteiger partial charge in [0, 0.05) is 17.8 Å². The SMILES string of the molecule is CC(=O)c1[nH]c2ccc(C)cc2c1C. The van der Waals surface area contributed by atoms with Crippen LogP contribution in [0.15, 0.2) is 18.2 Å². The van der Waals surface area contributed by atoms with E-state index < -0.39 is 0 Å². The molecular weight excluding hydrogens is 174 g/mol. The van der Waals surface area contributed by atoms with E-state index in [4.69, 9.17) is 0 Å². The number of benzene rings is 1. The number of Topliss-reactive ketones (excluding diaryl/α,β-unsaturated/α-hetero) is 1. The number of aromatic nitrogens is 1. The first-order valence-electron chi connectivity index (χ1n) is 4.69. The molecule has 1 aromatic heterocycles. The van der Waals surface area contributed by atoms with Gasteiger partial charge in [-0.3, -0.25) is 4.79 Å². The van der Waals surface area contributed by atoms with Crippen molar-refractivity contribution in [2.24, 2.45) is 0 Å². The van der Waals surface area contributed by atoms with Gasteiger partial charge in [0.1, 0.15) is 0 Å². The summed E-state index contributed by atoms with van der Waals surface area (Å²) in [4.78, 5) is 14.4. The van der Waals surface area contributed by atoms with Gasteiger partial charge in [-0.05, 0) is 31.5 Å². The van der Waals surface area contributed by atoms with Crippen molar-refractivity contribution in [3.8, 4) is 0 Å². The molecule has 14 heavy (non-hydrogen) atoms. The first-order valence-corrected chi connectivity index (χ1v) is 4.69. The molecule has 0 aliphatic carbocycles. The van der Waals surface area contributed by atoms with Crippen molar-refractivity contribution in [1.29, 1.82) is 0 Å². The minimum atomic E-state index is 0.0938. The van der Waals surface area contributed by atoms with E-state index in [9.17, 15) is 4.79 Å². The normalized spacial score (nSPS) is 10.8. The van der Waals surface area contributed by atoms with Gasteiger partial charge in [0.25, 0.3) is 0 Å². The lowest BCUT2D eigenvalue weighted by atomic mass is 10.1. The Bertz CT molecular complexity index is 508. The first-order chi connectivity index (χ1) is 6.59. The zero-order valence-electron chi connectivity index (χ0n) is 8.64. The maximum absolute atomic E-state index is 11.3. The van der Waals surface area contributed by atoms with Crippen LogP contribution in [0.5, 0.6) is 0 Å². The molecule has 0 unspecified atom stereocenters. The average Bonchev–Trinajstić information content (AvgIpc) is 2.44. The lowest BCUT2D eigenvalue weighted by molar-refractivity contribution is 0.101. The van der Waals surface area contributed by atoms with Crippen LogP contribution < -0.4 is 0 Å². The van der Waals surface area contributed by atoms with Gasteiger partial charge in [0.2, 0.25) is 0 Å². The van der Waals surface area contributed by atoms with Crippen LogP contribution >= 0.6 is 0 Å². The molecule has 1 aromatic carbocycles. The minimum absolute atomic E-state index is 0.0938. The van der Waals surface area contributed by atoms with Gasteiger partial charge in [-0.2, -0.15) is 0 Å². The van der Waals surface area contributed by atoms with Crippen LogP contribution in [0.25, 0.3) is 10.9 Å². The maximum Gasteiger partial charge on any atom is 0.176 e. The lowest BCUT2D eigenvalue weighted by Crippen LogP contribution is -1.93. The molecule has 0 aliphatic rings. The Morgan fingerprint density at radius 3 is 2.64 bits per heavy atom. The van der Waals surface area contributed by atoms with Crippen molar-refractivity contribution >= 4 is 16.7 Å². The van der Waals surface area contributed by atoms with Crippen LogP contribution in [0.1, 0.15) is 28.5 Å². The number of carbonyl (C=O) groups is 1. The second-order valence-electron chi connectivity index (χ2n) is 3.73. The molecule has 1 N–H and O–H groups in total. The Balaban J connectivity index is 2.80. The van der Waals surface area contributed by atoms with Crippen LogP contribution in [-0.2, 0) is 0 Å². The molecule has 2 rings (SSSR count). The highest BCUT2D eigenvalue weighted by molar-refractivity contribution is 6.00. The van der Waals surface area contributed by atoms with Crippen LogP contribution in [0, 0.1) is 13.8 Å². The lowest BCUT2D eigenvalue weighted by Gasteiger charge is -1.93. The topological polar surface area (TPSA) is 32.9 Å². The zero-order chi connectivity index (χ0) is 10.3. The highest BCUT2D eigenvalue weighted by atomic mass is 16.1. The molecule has 2 nitrogen and oxygen atoms in total. The fourth-order valence-electron chi connectivity index (χ4n) is 1.79. The molecule has 2 heteroatoms. The van der Waals surface area contributed by atoms with Crippen molar-refractivity contribution in [3.63, 3.8) is 0 Å². The third-order valence-corrected chi connectivity index (χ3v) is 2.57. The van der Waals surface area contributed by atoms with Crippen molar-refractivity contribution in [3.05, 3.63) is 35.0 Å². The Hall–Kier alpha value is -1.57. The Kier molecular flexibility index (Phi) is 1.92. The highest BCUT2D eigenvalue weighted by Crippen LogP contribution is 2.22. The van der Waals surface area contributed by atoms with Gasteiger partial charge in [0.05, 0.1) is 5.69 Å². The Morgan fingerprint density at radius 1 is 1.29 bits per heavy atom. The molecule has 0 radical (unpaired) electrons. The molecule has 72 valence electrons. The van der Waals surface area contributed by atoms with E-state index in [-0.39, 0.29) is 5.78 Å². The summed E-state index contributed by atoms with van der Waals surface area (Å²) in [7, 11) is 0. The number of rotatable bonds is 1. The number of hydrogen-bond acceptors (Lipinski definition) is 1. The number of fused-ring (bicyclic) bond motifs is 1. The number of aromatic amines is 1. The molecule has 1 heterocycles. The molecular formula is C12H13NO. The molecule has 2 aromatic rings. The van der Waals surface area contributed by atoms with Crippen molar-refractivity contribution in [2.45, 2.75) is 20.8 Å². The highest BCUT2D eigenvalue weighted by Gasteiger charge is 2.10. The van der Waals surface area contributed by atoms with Crippen LogP contribution in [0.3, 0.4) is 0 Å². The third-order valence-electron chi connectivity index (χ3n) is 2.57. The van der Waals surface area contributed by atoms with Gasteiger partial charge >= 0.3 is 0 Å². The maximum atomic E-state index is 11.3. The van der Waals surface area contributed by atoms with Gasteiger partial charge in [-0.15, -0.1) is 0 Å². The third kappa shape index (κ3) is 1.23. The molecule has 0 saturated heterocycles. The van der Waals surface area contributed by atoms with E-state index in [2.05, 4.69) is 18.0 Å². The second-order valence-corrected chi connectivity index (χ2v) is 3.73. The summed E-state index contributed by atoms with van der Waals surface area (Å²) in [6.07, 6.45) is 0. The predicted octanol–water partition coefficient (Wildman–Crippen LogP) is 2.99. The summed E-state index contributed by atoms with van der Waals surface area (Å²) in [5, 5.41) is 1.15. The van der Waals surface area contributed by atoms with Gasteiger partial charge in [-0.1, -0.05) is 11.6 Å². The summed E-state index contributed by atoms with van der Waals surface area (Å²) in [6, 6.07) is 6.17. The van der Waals surface area contributed by atoms with E-state index in [0.717, 1.165) is 22.2 Å². The summed E-state index contributed by atoms with van der Waals surface area (Å²) in [5.41, 5.74) is 4.04. The van der Waals surface area contributed by atoms with Crippen molar-refractivity contribution in [2.75, 3.05) is 0 Å².